The van der Waals surface area contributed by atoms with E-state index in [9.17, 15) is 4.79 Å². The molecule has 1 unspecified atom stereocenters. The number of carbonyl (C=O) groups excluding carboxylic acids is 1. The number of aliphatic imine (C=N–C) groups is 1. The Kier molecular flexibility index (Phi) is 4.72. The molecule has 0 spiro atoms. The molecule has 1 aromatic rings. The van der Waals surface area contributed by atoms with E-state index in [1.54, 1.807) is 25.2 Å². The summed E-state index contributed by atoms with van der Waals surface area (Å²) in [6, 6.07) is 2.93. The van der Waals surface area contributed by atoms with Crippen LogP contribution in [-0.4, -0.2) is 37.5 Å². The Balaban J connectivity index is 2.49. The molecule has 1 heterocycles. The number of hydrogen-bond acceptors (Lipinski definition) is 4. The SMILES string of the molecule is CCCN1C(=O)N=C(N)C1c1cc(OC)c(OC)cc1Br. The molecule has 6 nitrogen and oxygen atoms in total. The number of carbonyl (C=O) groups is 1. The smallest absolute Gasteiger partial charge is 0.346 e. The molecule has 0 bridgehead atoms. The highest BCUT2D eigenvalue weighted by Crippen LogP contribution is 2.39. The molecule has 21 heavy (non-hydrogen) atoms. The Bertz CT molecular complexity index is 589. The zero-order valence-electron chi connectivity index (χ0n) is 12.2. The van der Waals surface area contributed by atoms with Gasteiger partial charge < -0.3 is 20.1 Å². The van der Waals surface area contributed by atoms with Gasteiger partial charge >= 0.3 is 6.03 Å². The second-order valence-electron chi connectivity index (χ2n) is 4.64. The lowest BCUT2D eigenvalue weighted by atomic mass is 10.0. The Morgan fingerprint density at radius 3 is 2.52 bits per heavy atom. The first-order valence-electron chi connectivity index (χ1n) is 6.59. The van der Waals surface area contributed by atoms with Gasteiger partial charge in [0.1, 0.15) is 11.9 Å². The average Bonchev–Trinajstić information content (AvgIpc) is 2.73. The molecule has 0 radical (unpaired) electrons. The van der Waals surface area contributed by atoms with Crippen molar-refractivity contribution in [3.63, 3.8) is 0 Å². The third-order valence-electron chi connectivity index (χ3n) is 3.32. The molecule has 7 heteroatoms. The number of nitrogens with zero attached hydrogens (tertiary/aromatic N) is 2. The molecule has 114 valence electrons. The van der Waals surface area contributed by atoms with Gasteiger partial charge in [-0.2, -0.15) is 4.99 Å². The minimum atomic E-state index is -0.383. The second kappa shape index (κ2) is 6.34. The molecule has 0 saturated heterocycles. The molecule has 2 amide bonds. The zero-order valence-corrected chi connectivity index (χ0v) is 13.8. The van der Waals surface area contributed by atoms with Gasteiger partial charge in [-0.05, 0) is 18.6 Å². The molecular weight excluding hydrogens is 338 g/mol. The van der Waals surface area contributed by atoms with E-state index in [1.165, 1.54) is 0 Å². The molecule has 2 rings (SSSR count). The molecule has 1 atom stereocenters. The van der Waals surface area contributed by atoms with Crippen molar-refractivity contribution in [2.75, 3.05) is 20.8 Å². The number of methoxy groups -OCH3 is 2. The van der Waals surface area contributed by atoms with E-state index in [0.29, 0.717) is 23.9 Å². The fourth-order valence-electron chi connectivity index (χ4n) is 2.38. The van der Waals surface area contributed by atoms with Crippen LogP contribution in [0.2, 0.25) is 0 Å². The van der Waals surface area contributed by atoms with E-state index >= 15 is 0 Å². The van der Waals surface area contributed by atoms with Crippen LogP contribution in [-0.2, 0) is 0 Å². The zero-order chi connectivity index (χ0) is 15.6. The maximum Gasteiger partial charge on any atom is 0.346 e. The van der Waals surface area contributed by atoms with Gasteiger partial charge in [-0.1, -0.05) is 22.9 Å². The molecule has 2 N–H and O–H groups in total. The average molecular weight is 356 g/mol. The van der Waals surface area contributed by atoms with Crippen LogP contribution in [0.25, 0.3) is 0 Å². The van der Waals surface area contributed by atoms with Crippen molar-refractivity contribution in [2.24, 2.45) is 10.7 Å². The van der Waals surface area contributed by atoms with Gasteiger partial charge in [-0.15, -0.1) is 0 Å². The summed E-state index contributed by atoms with van der Waals surface area (Å²) in [6.45, 7) is 2.59. The third kappa shape index (κ3) is 2.83. The first kappa shape index (κ1) is 15.6. The molecule has 0 aromatic heterocycles. The fourth-order valence-corrected chi connectivity index (χ4v) is 2.92. The largest absolute Gasteiger partial charge is 0.493 e. The standard InChI is InChI=1S/C14H18BrN3O3/c1-4-5-18-12(13(16)17-14(18)19)8-6-10(20-2)11(21-3)7-9(8)15/h6-7,12H,4-5H2,1-3H3,(H2,16,17,19). The number of rotatable bonds is 5. The number of ether oxygens (including phenoxy) is 2. The van der Waals surface area contributed by atoms with Gasteiger partial charge in [-0.25, -0.2) is 4.79 Å². The second-order valence-corrected chi connectivity index (χ2v) is 5.50. The number of benzene rings is 1. The Morgan fingerprint density at radius 2 is 1.95 bits per heavy atom. The summed E-state index contributed by atoms with van der Waals surface area (Å²) in [5.74, 6) is 1.48. The molecular formula is C14H18BrN3O3. The molecule has 0 saturated carbocycles. The van der Waals surface area contributed by atoms with Crippen LogP contribution in [0.5, 0.6) is 11.5 Å². The van der Waals surface area contributed by atoms with Crippen LogP contribution in [0.15, 0.2) is 21.6 Å². The molecule has 1 aromatic carbocycles. The number of nitrogens with two attached hydrogens (primary N) is 1. The highest BCUT2D eigenvalue weighted by atomic mass is 79.9. The predicted molar refractivity (Wildman–Crippen MR) is 84.0 cm³/mol. The van der Waals surface area contributed by atoms with Crippen LogP contribution < -0.4 is 15.2 Å². The Morgan fingerprint density at radius 1 is 1.33 bits per heavy atom. The van der Waals surface area contributed by atoms with Crippen molar-refractivity contribution in [1.82, 2.24) is 4.90 Å². The summed E-state index contributed by atoms with van der Waals surface area (Å²) in [5, 5.41) is 0. The van der Waals surface area contributed by atoms with E-state index < -0.39 is 0 Å². The van der Waals surface area contributed by atoms with Crippen LogP contribution in [0.4, 0.5) is 4.79 Å². The van der Waals surface area contributed by atoms with E-state index in [-0.39, 0.29) is 12.1 Å². The highest BCUT2D eigenvalue weighted by Gasteiger charge is 2.35. The highest BCUT2D eigenvalue weighted by molar-refractivity contribution is 9.10. The summed E-state index contributed by atoms with van der Waals surface area (Å²) >= 11 is 3.50. The van der Waals surface area contributed by atoms with Gasteiger partial charge in [0.2, 0.25) is 0 Å². The number of urea groups is 1. The summed E-state index contributed by atoms with van der Waals surface area (Å²) in [5.41, 5.74) is 6.77. The van der Waals surface area contributed by atoms with Crippen LogP contribution in [0.3, 0.4) is 0 Å². The Hall–Kier alpha value is -1.76. The maximum atomic E-state index is 11.9. The van der Waals surface area contributed by atoms with Crippen molar-refractivity contribution >= 4 is 27.8 Å². The molecule has 0 aliphatic carbocycles. The number of amides is 2. The van der Waals surface area contributed by atoms with Gasteiger partial charge in [0.05, 0.1) is 14.2 Å². The van der Waals surface area contributed by atoms with E-state index in [4.69, 9.17) is 15.2 Å². The van der Waals surface area contributed by atoms with Gasteiger partial charge in [-0.3, -0.25) is 0 Å². The topological polar surface area (TPSA) is 77.2 Å². The normalized spacial score (nSPS) is 17.9. The number of hydrogen-bond donors (Lipinski definition) is 1. The van der Waals surface area contributed by atoms with Crippen molar-refractivity contribution in [2.45, 2.75) is 19.4 Å². The first-order valence-corrected chi connectivity index (χ1v) is 7.38. The predicted octanol–water partition coefficient (Wildman–Crippen LogP) is 2.71. The van der Waals surface area contributed by atoms with Crippen molar-refractivity contribution in [3.05, 3.63) is 22.2 Å². The molecule has 1 aliphatic heterocycles. The van der Waals surface area contributed by atoms with Crippen molar-refractivity contribution in [3.8, 4) is 11.5 Å². The Labute approximate surface area is 132 Å². The number of halogens is 1. The lowest BCUT2D eigenvalue weighted by Crippen LogP contribution is -2.34. The lowest BCUT2D eigenvalue weighted by Gasteiger charge is -2.25. The number of amidine groups is 1. The van der Waals surface area contributed by atoms with Crippen molar-refractivity contribution in [1.29, 1.82) is 0 Å². The summed E-state index contributed by atoms with van der Waals surface area (Å²) in [6.07, 6.45) is 0.829. The lowest BCUT2D eigenvalue weighted by molar-refractivity contribution is 0.206. The fraction of sp³-hybridized carbons (Fsp3) is 0.429. The molecule has 0 fully saturated rings. The van der Waals surface area contributed by atoms with Gasteiger partial charge in [0, 0.05) is 16.6 Å². The van der Waals surface area contributed by atoms with Crippen LogP contribution >= 0.6 is 15.9 Å². The van der Waals surface area contributed by atoms with E-state index in [0.717, 1.165) is 16.5 Å². The quantitative estimate of drug-likeness (QED) is 0.880. The van der Waals surface area contributed by atoms with E-state index in [1.807, 2.05) is 13.0 Å². The minimum Gasteiger partial charge on any atom is -0.493 e. The summed E-state index contributed by atoms with van der Waals surface area (Å²) in [4.78, 5) is 17.5. The third-order valence-corrected chi connectivity index (χ3v) is 4.01. The molecule has 1 aliphatic rings. The monoisotopic (exact) mass is 355 g/mol. The van der Waals surface area contributed by atoms with Crippen molar-refractivity contribution < 1.29 is 14.3 Å². The van der Waals surface area contributed by atoms with E-state index in [2.05, 4.69) is 20.9 Å². The summed E-state index contributed by atoms with van der Waals surface area (Å²) < 4.78 is 11.4. The summed E-state index contributed by atoms with van der Waals surface area (Å²) in [7, 11) is 3.14. The minimum absolute atomic E-state index is 0.293. The first-order chi connectivity index (χ1) is 10.0. The van der Waals surface area contributed by atoms with Crippen LogP contribution in [0.1, 0.15) is 24.9 Å². The van der Waals surface area contributed by atoms with Gasteiger partial charge in [0.25, 0.3) is 0 Å². The van der Waals surface area contributed by atoms with Crippen LogP contribution in [0, 0.1) is 0 Å². The maximum absolute atomic E-state index is 11.9. The van der Waals surface area contributed by atoms with Gasteiger partial charge in [0.15, 0.2) is 11.5 Å².